The Kier molecular flexibility index (Phi) is 7.25. The van der Waals surface area contributed by atoms with Crippen molar-refractivity contribution in [2.24, 2.45) is 0 Å². The lowest BCUT2D eigenvalue weighted by Crippen LogP contribution is -2.33. The van der Waals surface area contributed by atoms with Gasteiger partial charge in [0.1, 0.15) is 0 Å². The molecule has 0 rings (SSSR count). The molecule has 0 aliphatic carbocycles. The predicted molar refractivity (Wildman–Crippen MR) is 62.9 cm³/mol. The Morgan fingerprint density at radius 3 is 2.38 bits per heavy atom. The Labute approximate surface area is 97.3 Å². The van der Waals surface area contributed by atoms with Gasteiger partial charge in [-0.25, -0.2) is 0 Å². The summed E-state index contributed by atoms with van der Waals surface area (Å²) in [6.45, 7) is 6.70. The second-order valence-electron chi connectivity index (χ2n) is 3.51. The van der Waals surface area contributed by atoms with Gasteiger partial charge in [0.15, 0.2) is 0 Å². The topological polar surface area (TPSA) is 46.6 Å². The molecular formula is C12H21NO3. The molecule has 0 unspecified atom stereocenters. The summed E-state index contributed by atoms with van der Waals surface area (Å²) >= 11 is 0. The van der Waals surface area contributed by atoms with Crippen LogP contribution in [0.4, 0.5) is 0 Å². The Morgan fingerprint density at radius 1 is 1.31 bits per heavy atom. The van der Waals surface area contributed by atoms with E-state index in [-0.39, 0.29) is 18.3 Å². The number of hydrogen-bond donors (Lipinski definition) is 0. The largest absolute Gasteiger partial charge is 0.469 e. The van der Waals surface area contributed by atoms with E-state index in [9.17, 15) is 9.59 Å². The maximum atomic E-state index is 11.9. The van der Waals surface area contributed by atoms with Crippen LogP contribution < -0.4 is 0 Å². The predicted octanol–water partition coefficient (Wildman–Crippen LogP) is 1.75. The van der Waals surface area contributed by atoms with E-state index in [0.29, 0.717) is 13.1 Å². The molecule has 0 aliphatic heterocycles. The molecule has 4 nitrogen and oxygen atoms in total. The molecule has 92 valence electrons. The van der Waals surface area contributed by atoms with Crippen LogP contribution in [0.15, 0.2) is 11.6 Å². The number of esters is 1. The van der Waals surface area contributed by atoms with Crippen molar-refractivity contribution < 1.29 is 14.3 Å². The van der Waals surface area contributed by atoms with Crippen molar-refractivity contribution in [1.29, 1.82) is 0 Å². The van der Waals surface area contributed by atoms with Crippen LogP contribution in [0.3, 0.4) is 0 Å². The first-order valence-electron chi connectivity index (χ1n) is 5.59. The third-order valence-electron chi connectivity index (χ3n) is 2.33. The quantitative estimate of drug-likeness (QED) is 0.513. The lowest BCUT2D eigenvalue weighted by atomic mass is 10.2. The Morgan fingerprint density at radius 2 is 1.94 bits per heavy atom. The minimum Gasteiger partial charge on any atom is -0.469 e. The number of methoxy groups -OCH3 is 1. The molecule has 4 heteroatoms. The number of likely N-dealkylation sites (N-methyl/N-ethyl adjacent to an activating group) is 1. The van der Waals surface area contributed by atoms with Gasteiger partial charge < -0.3 is 9.64 Å². The summed E-state index contributed by atoms with van der Waals surface area (Å²) < 4.78 is 4.54. The fourth-order valence-corrected chi connectivity index (χ4v) is 1.37. The molecule has 0 saturated carbocycles. The SMILES string of the molecule is CC/C=C(\C)C(=O)N(CC)CCC(=O)OC. The second-order valence-corrected chi connectivity index (χ2v) is 3.51. The van der Waals surface area contributed by atoms with Crippen LogP contribution >= 0.6 is 0 Å². The molecule has 0 radical (unpaired) electrons. The summed E-state index contributed by atoms with van der Waals surface area (Å²) in [7, 11) is 1.35. The fourth-order valence-electron chi connectivity index (χ4n) is 1.37. The van der Waals surface area contributed by atoms with Gasteiger partial charge in [-0.2, -0.15) is 0 Å². The lowest BCUT2D eigenvalue weighted by Gasteiger charge is -2.20. The highest BCUT2D eigenvalue weighted by Gasteiger charge is 2.14. The number of ether oxygens (including phenoxy) is 1. The first kappa shape index (κ1) is 14.7. The Hall–Kier alpha value is -1.32. The van der Waals surface area contributed by atoms with Crippen LogP contribution in [0.1, 0.15) is 33.6 Å². The van der Waals surface area contributed by atoms with E-state index in [1.165, 1.54) is 7.11 Å². The van der Waals surface area contributed by atoms with Gasteiger partial charge in [-0.15, -0.1) is 0 Å². The summed E-state index contributed by atoms with van der Waals surface area (Å²) in [5.41, 5.74) is 0.731. The van der Waals surface area contributed by atoms with Gasteiger partial charge in [-0.1, -0.05) is 13.0 Å². The van der Waals surface area contributed by atoms with E-state index >= 15 is 0 Å². The van der Waals surface area contributed by atoms with Gasteiger partial charge in [0.25, 0.3) is 0 Å². The molecule has 0 saturated heterocycles. The summed E-state index contributed by atoms with van der Waals surface area (Å²) in [6, 6.07) is 0. The van der Waals surface area contributed by atoms with Gasteiger partial charge in [0.05, 0.1) is 13.5 Å². The van der Waals surface area contributed by atoms with Crippen molar-refractivity contribution in [2.75, 3.05) is 20.2 Å². The molecule has 1 amide bonds. The summed E-state index contributed by atoms with van der Waals surface area (Å²) in [5, 5.41) is 0. The molecule has 0 aromatic rings. The molecular weight excluding hydrogens is 206 g/mol. The van der Waals surface area contributed by atoms with Crippen molar-refractivity contribution in [3.05, 3.63) is 11.6 Å². The van der Waals surface area contributed by atoms with Crippen molar-refractivity contribution in [3.63, 3.8) is 0 Å². The van der Waals surface area contributed by atoms with Crippen LogP contribution in [0.25, 0.3) is 0 Å². The van der Waals surface area contributed by atoms with Crippen LogP contribution in [-0.4, -0.2) is 37.0 Å². The highest BCUT2D eigenvalue weighted by atomic mass is 16.5. The molecule has 0 aliphatic rings. The lowest BCUT2D eigenvalue weighted by molar-refractivity contribution is -0.141. The highest BCUT2D eigenvalue weighted by molar-refractivity contribution is 5.93. The van der Waals surface area contributed by atoms with Gasteiger partial charge in [-0.3, -0.25) is 9.59 Å². The average Bonchev–Trinajstić information content (AvgIpc) is 2.29. The molecule has 16 heavy (non-hydrogen) atoms. The average molecular weight is 227 g/mol. The van der Waals surface area contributed by atoms with E-state index in [4.69, 9.17) is 0 Å². The van der Waals surface area contributed by atoms with Crippen LogP contribution in [0, 0.1) is 0 Å². The Balaban J connectivity index is 4.33. The summed E-state index contributed by atoms with van der Waals surface area (Å²) in [5.74, 6) is -0.295. The van der Waals surface area contributed by atoms with Crippen molar-refractivity contribution >= 4 is 11.9 Å². The second kappa shape index (κ2) is 7.91. The van der Waals surface area contributed by atoms with Crippen molar-refractivity contribution in [1.82, 2.24) is 4.90 Å². The minimum absolute atomic E-state index is 0.00625. The Bertz CT molecular complexity index is 271. The van der Waals surface area contributed by atoms with E-state index in [1.807, 2.05) is 19.9 Å². The standard InChI is InChI=1S/C12H21NO3/c1-5-7-10(3)12(15)13(6-2)9-8-11(14)16-4/h7H,5-6,8-9H2,1-4H3/b10-7+. The molecule has 0 heterocycles. The van der Waals surface area contributed by atoms with Gasteiger partial charge in [0, 0.05) is 18.7 Å². The molecule has 0 N–H and O–H groups in total. The molecule has 0 bridgehead atoms. The zero-order chi connectivity index (χ0) is 12.6. The first-order valence-corrected chi connectivity index (χ1v) is 5.59. The number of carbonyl (C=O) groups excluding carboxylic acids is 2. The molecule has 0 fully saturated rings. The van der Waals surface area contributed by atoms with Crippen LogP contribution in [-0.2, 0) is 14.3 Å². The van der Waals surface area contributed by atoms with Crippen LogP contribution in [0.2, 0.25) is 0 Å². The normalized spacial score (nSPS) is 11.1. The third-order valence-corrected chi connectivity index (χ3v) is 2.33. The zero-order valence-corrected chi connectivity index (χ0v) is 10.6. The maximum absolute atomic E-state index is 11.9. The van der Waals surface area contributed by atoms with Gasteiger partial charge in [0.2, 0.25) is 5.91 Å². The van der Waals surface area contributed by atoms with Crippen LogP contribution in [0.5, 0.6) is 0 Å². The number of amides is 1. The molecule has 0 aromatic heterocycles. The summed E-state index contributed by atoms with van der Waals surface area (Å²) in [4.78, 5) is 24.5. The van der Waals surface area contributed by atoms with E-state index in [1.54, 1.807) is 11.8 Å². The van der Waals surface area contributed by atoms with E-state index in [0.717, 1.165) is 12.0 Å². The molecule has 0 atom stereocenters. The molecule has 0 spiro atoms. The smallest absolute Gasteiger partial charge is 0.307 e. The van der Waals surface area contributed by atoms with Gasteiger partial charge in [-0.05, 0) is 20.3 Å². The highest BCUT2D eigenvalue weighted by Crippen LogP contribution is 2.04. The fraction of sp³-hybridized carbons (Fsp3) is 0.667. The number of carbonyl (C=O) groups is 2. The summed E-state index contributed by atoms with van der Waals surface area (Å²) in [6.07, 6.45) is 2.98. The number of nitrogens with zero attached hydrogens (tertiary/aromatic N) is 1. The maximum Gasteiger partial charge on any atom is 0.307 e. The third kappa shape index (κ3) is 4.96. The number of allylic oxidation sites excluding steroid dienone is 1. The number of rotatable bonds is 6. The monoisotopic (exact) mass is 227 g/mol. The van der Waals surface area contributed by atoms with E-state index < -0.39 is 0 Å². The van der Waals surface area contributed by atoms with Crippen molar-refractivity contribution in [3.8, 4) is 0 Å². The zero-order valence-electron chi connectivity index (χ0n) is 10.6. The number of hydrogen-bond acceptors (Lipinski definition) is 3. The minimum atomic E-state index is -0.289. The van der Waals surface area contributed by atoms with Crippen molar-refractivity contribution in [2.45, 2.75) is 33.6 Å². The molecule has 0 aromatic carbocycles. The van der Waals surface area contributed by atoms with E-state index in [2.05, 4.69) is 4.74 Å². The van der Waals surface area contributed by atoms with Gasteiger partial charge >= 0.3 is 5.97 Å². The first-order chi connectivity index (χ1) is 7.56.